The molecule has 0 aromatic carbocycles. The highest BCUT2D eigenvalue weighted by Crippen LogP contribution is 1.91. The molecule has 13 heavy (non-hydrogen) atoms. The number of carbonyl (C=O) groups is 1. The van der Waals surface area contributed by atoms with Crippen molar-refractivity contribution in [1.29, 1.82) is 0 Å². The van der Waals surface area contributed by atoms with Gasteiger partial charge in [0.25, 0.3) is 0 Å². The van der Waals surface area contributed by atoms with Gasteiger partial charge in [-0.1, -0.05) is 0 Å². The lowest BCUT2D eigenvalue weighted by atomic mass is 10.4. The van der Waals surface area contributed by atoms with Gasteiger partial charge in [-0.15, -0.1) is 0 Å². The molecular weight excluding hydrogens is 168 g/mol. The van der Waals surface area contributed by atoms with Gasteiger partial charge in [-0.05, 0) is 20.8 Å². The molecule has 0 saturated heterocycles. The summed E-state index contributed by atoms with van der Waals surface area (Å²) in [6.45, 7) is 5.99. The van der Waals surface area contributed by atoms with Gasteiger partial charge < -0.3 is 15.8 Å². The van der Waals surface area contributed by atoms with Gasteiger partial charge in [0, 0.05) is 18.4 Å². The Labute approximate surface area is 79.1 Å². The summed E-state index contributed by atoms with van der Waals surface area (Å²) in [4.78, 5) is 11.0. The van der Waals surface area contributed by atoms with Crippen molar-refractivity contribution < 1.29 is 9.53 Å². The van der Waals surface area contributed by atoms with Crippen molar-refractivity contribution in [3.05, 3.63) is 11.9 Å². The molecule has 0 atom stereocenters. The predicted octanol–water partition coefficient (Wildman–Crippen LogP) is 0.738. The molecule has 0 rings (SSSR count). The van der Waals surface area contributed by atoms with Crippen molar-refractivity contribution in [3.63, 3.8) is 0 Å². The number of nitrogens with one attached hydrogen (secondary N) is 1. The molecule has 0 spiro atoms. The molecule has 3 N–H and O–H groups in total. The summed E-state index contributed by atoms with van der Waals surface area (Å²) in [5.74, 6) is -0.189. The maximum Gasteiger partial charge on any atom is 0.307 e. The molecule has 76 valence electrons. The second-order valence-electron chi connectivity index (χ2n) is 3.13. The maximum absolute atomic E-state index is 11.0. The van der Waals surface area contributed by atoms with Crippen LogP contribution in [0.4, 0.5) is 0 Å². The fraction of sp³-hybridized carbons (Fsp3) is 0.667. The summed E-state index contributed by atoms with van der Waals surface area (Å²) in [5.41, 5.74) is 6.06. The van der Waals surface area contributed by atoms with E-state index in [1.54, 1.807) is 13.1 Å². The van der Waals surface area contributed by atoms with Crippen LogP contribution in [0.3, 0.4) is 0 Å². The second-order valence-corrected chi connectivity index (χ2v) is 3.13. The van der Waals surface area contributed by atoms with Crippen LogP contribution >= 0.6 is 0 Å². The van der Waals surface area contributed by atoms with E-state index in [-0.39, 0.29) is 12.1 Å². The first-order chi connectivity index (χ1) is 6.02. The molecule has 0 aliphatic carbocycles. The summed E-state index contributed by atoms with van der Waals surface area (Å²) in [6, 6.07) is 0. The van der Waals surface area contributed by atoms with E-state index in [0.717, 1.165) is 0 Å². The average Bonchev–Trinajstić information content (AvgIpc) is 1.96. The van der Waals surface area contributed by atoms with Gasteiger partial charge in [0.1, 0.15) is 0 Å². The Kier molecular flexibility index (Phi) is 5.76. The standard InChI is InChI=1S/C9H18N2O2/c1-7(2)13-9(12)4-5-11-6-8(3)10/h6-7,11H,4-5,10H2,1-3H3. The predicted molar refractivity (Wildman–Crippen MR) is 51.8 cm³/mol. The van der Waals surface area contributed by atoms with Gasteiger partial charge in [-0.3, -0.25) is 4.79 Å². The van der Waals surface area contributed by atoms with E-state index in [2.05, 4.69) is 5.32 Å². The van der Waals surface area contributed by atoms with Gasteiger partial charge in [0.15, 0.2) is 0 Å². The van der Waals surface area contributed by atoms with Crippen LogP contribution in [-0.4, -0.2) is 18.6 Å². The zero-order valence-electron chi connectivity index (χ0n) is 8.46. The van der Waals surface area contributed by atoms with Gasteiger partial charge in [0.2, 0.25) is 0 Å². The largest absolute Gasteiger partial charge is 0.463 e. The molecule has 0 bridgehead atoms. The Morgan fingerprint density at radius 2 is 2.23 bits per heavy atom. The first kappa shape index (κ1) is 11.8. The lowest BCUT2D eigenvalue weighted by Gasteiger charge is -2.07. The van der Waals surface area contributed by atoms with E-state index in [1.165, 1.54) is 0 Å². The number of allylic oxidation sites excluding steroid dienone is 1. The molecule has 0 fully saturated rings. The highest BCUT2D eigenvalue weighted by Gasteiger charge is 2.03. The van der Waals surface area contributed by atoms with Crippen LogP contribution < -0.4 is 11.1 Å². The number of carbonyl (C=O) groups excluding carboxylic acids is 1. The Balaban J connectivity index is 3.43. The van der Waals surface area contributed by atoms with Gasteiger partial charge in [-0.2, -0.15) is 0 Å². The Morgan fingerprint density at radius 1 is 1.62 bits per heavy atom. The highest BCUT2D eigenvalue weighted by atomic mass is 16.5. The van der Waals surface area contributed by atoms with Crippen LogP contribution in [0.5, 0.6) is 0 Å². The van der Waals surface area contributed by atoms with Gasteiger partial charge in [0.05, 0.1) is 12.5 Å². The van der Waals surface area contributed by atoms with E-state index >= 15 is 0 Å². The average molecular weight is 186 g/mol. The minimum atomic E-state index is -0.189. The van der Waals surface area contributed by atoms with Crippen molar-refractivity contribution in [2.75, 3.05) is 6.54 Å². The van der Waals surface area contributed by atoms with Gasteiger partial charge in [-0.25, -0.2) is 0 Å². The topological polar surface area (TPSA) is 64.3 Å². The molecular formula is C9H18N2O2. The van der Waals surface area contributed by atoms with Crippen molar-refractivity contribution in [3.8, 4) is 0 Å². The summed E-state index contributed by atoms with van der Waals surface area (Å²) >= 11 is 0. The number of hydrogen-bond acceptors (Lipinski definition) is 4. The monoisotopic (exact) mass is 186 g/mol. The highest BCUT2D eigenvalue weighted by molar-refractivity contribution is 5.69. The van der Waals surface area contributed by atoms with Crippen molar-refractivity contribution in [2.45, 2.75) is 33.3 Å². The van der Waals surface area contributed by atoms with Crippen molar-refractivity contribution in [1.82, 2.24) is 5.32 Å². The van der Waals surface area contributed by atoms with E-state index in [1.807, 2.05) is 13.8 Å². The Bertz CT molecular complexity index is 184. The number of ether oxygens (including phenoxy) is 1. The lowest BCUT2D eigenvalue weighted by Crippen LogP contribution is -2.18. The number of rotatable bonds is 5. The molecule has 0 saturated carbocycles. The van der Waals surface area contributed by atoms with Gasteiger partial charge >= 0.3 is 5.97 Å². The molecule has 0 amide bonds. The molecule has 0 aliphatic rings. The number of nitrogens with two attached hydrogens (primary N) is 1. The minimum absolute atomic E-state index is 0.0423. The van der Waals surface area contributed by atoms with Crippen LogP contribution in [-0.2, 0) is 9.53 Å². The minimum Gasteiger partial charge on any atom is -0.463 e. The number of esters is 1. The zero-order valence-corrected chi connectivity index (χ0v) is 8.46. The van der Waals surface area contributed by atoms with E-state index in [9.17, 15) is 4.79 Å². The van der Waals surface area contributed by atoms with Crippen LogP contribution in [0.2, 0.25) is 0 Å². The summed E-state index contributed by atoms with van der Waals surface area (Å²) in [5, 5.41) is 2.90. The molecule has 0 unspecified atom stereocenters. The first-order valence-electron chi connectivity index (χ1n) is 4.37. The Hall–Kier alpha value is -1.19. The summed E-state index contributed by atoms with van der Waals surface area (Å²) < 4.78 is 4.93. The smallest absolute Gasteiger partial charge is 0.307 e. The van der Waals surface area contributed by atoms with Crippen LogP contribution in [0.15, 0.2) is 11.9 Å². The molecule has 0 aliphatic heterocycles. The normalized spacial score (nSPS) is 11.5. The first-order valence-corrected chi connectivity index (χ1v) is 4.37. The second kappa shape index (κ2) is 6.34. The van der Waals surface area contributed by atoms with Crippen LogP contribution in [0, 0.1) is 0 Å². The molecule has 4 nitrogen and oxygen atoms in total. The van der Waals surface area contributed by atoms with E-state index < -0.39 is 0 Å². The third-order valence-corrected chi connectivity index (χ3v) is 1.17. The maximum atomic E-state index is 11.0. The van der Waals surface area contributed by atoms with E-state index in [4.69, 9.17) is 10.5 Å². The molecule has 4 heteroatoms. The third-order valence-electron chi connectivity index (χ3n) is 1.17. The van der Waals surface area contributed by atoms with Crippen molar-refractivity contribution in [2.24, 2.45) is 5.73 Å². The van der Waals surface area contributed by atoms with Crippen molar-refractivity contribution >= 4 is 5.97 Å². The number of hydrogen-bond donors (Lipinski definition) is 2. The van der Waals surface area contributed by atoms with E-state index in [0.29, 0.717) is 18.7 Å². The van der Waals surface area contributed by atoms with Crippen LogP contribution in [0.1, 0.15) is 27.2 Å². The fourth-order valence-electron chi connectivity index (χ4n) is 0.729. The quantitative estimate of drug-likeness (QED) is 0.491. The molecule has 0 aromatic rings. The zero-order chi connectivity index (χ0) is 10.3. The Morgan fingerprint density at radius 3 is 2.69 bits per heavy atom. The molecule has 0 radical (unpaired) electrons. The summed E-state index contributed by atoms with van der Waals surface area (Å²) in [7, 11) is 0. The third kappa shape index (κ3) is 8.72. The van der Waals surface area contributed by atoms with Crippen LogP contribution in [0.25, 0.3) is 0 Å². The lowest BCUT2D eigenvalue weighted by molar-refractivity contribution is -0.147. The summed E-state index contributed by atoms with van der Waals surface area (Å²) in [6.07, 6.45) is 1.99. The molecule has 0 heterocycles. The fourth-order valence-corrected chi connectivity index (χ4v) is 0.729. The molecule has 0 aromatic heterocycles. The SMILES string of the molecule is CC(N)=CNCCC(=O)OC(C)C.